The highest BCUT2D eigenvalue weighted by atomic mass is 35.5. The SMILES string of the molecule is Nc1cc(Cl)ccc1C(=O)CC(N)C(=O)N[C@@H](CC1=CCCC=C1)C(=O)O. The van der Waals surface area contributed by atoms with Crippen molar-refractivity contribution in [3.05, 3.63) is 52.6 Å². The molecule has 0 aromatic heterocycles. The van der Waals surface area contributed by atoms with Crippen molar-refractivity contribution < 1.29 is 19.5 Å². The molecule has 1 aromatic rings. The van der Waals surface area contributed by atoms with Crippen LogP contribution in [0.15, 0.2) is 42.0 Å². The predicted molar refractivity (Wildman–Crippen MR) is 103 cm³/mol. The number of carboxylic acid groups (broad SMARTS) is 1. The molecule has 6 N–H and O–H groups in total. The minimum absolute atomic E-state index is 0.155. The number of nitrogen functional groups attached to an aromatic ring is 1. The van der Waals surface area contributed by atoms with Gasteiger partial charge in [0.15, 0.2) is 5.78 Å². The number of carbonyl (C=O) groups excluding carboxylic acids is 2. The van der Waals surface area contributed by atoms with Crippen molar-refractivity contribution in [1.29, 1.82) is 0 Å². The Labute approximate surface area is 162 Å². The largest absolute Gasteiger partial charge is 0.480 e. The lowest BCUT2D eigenvalue weighted by atomic mass is 9.99. The molecule has 8 heteroatoms. The van der Waals surface area contributed by atoms with Crippen molar-refractivity contribution in [1.82, 2.24) is 5.32 Å². The first-order valence-electron chi connectivity index (χ1n) is 8.50. The molecule has 1 unspecified atom stereocenters. The topological polar surface area (TPSA) is 136 Å². The second-order valence-corrected chi connectivity index (χ2v) is 6.76. The first-order valence-corrected chi connectivity index (χ1v) is 8.88. The fraction of sp³-hybridized carbons (Fsp3) is 0.316. The minimum atomic E-state index is -1.19. The number of carboxylic acids is 1. The van der Waals surface area contributed by atoms with Crippen molar-refractivity contribution in [3.63, 3.8) is 0 Å². The monoisotopic (exact) mass is 391 g/mol. The van der Waals surface area contributed by atoms with Crippen LogP contribution in [-0.2, 0) is 9.59 Å². The zero-order valence-electron chi connectivity index (χ0n) is 14.7. The number of benzene rings is 1. The van der Waals surface area contributed by atoms with Crippen LogP contribution >= 0.6 is 11.6 Å². The third kappa shape index (κ3) is 5.94. The van der Waals surface area contributed by atoms with Crippen LogP contribution in [0, 0.1) is 0 Å². The van der Waals surface area contributed by atoms with Gasteiger partial charge >= 0.3 is 5.97 Å². The highest BCUT2D eigenvalue weighted by Crippen LogP contribution is 2.20. The number of rotatable bonds is 8. The Kier molecular flexibility index (Phi) is 7.15. The van der Waals surface area contributed by atoms with Crippen molar-refractivity contribution in [2.24, 2.45) is 5.73 Å². The quantitative estimate of drug-likeness (QED) is 0.395. The van der Waals surface area contributed by atoms with E-state index in [1.807, 2.05) is 18.2 Å². The molecule has 0 fully saturated rings. The number of hydrogen-bond acceptors (Lipinski definition) is 5. The van der Waals surface area contributed by atoms with Gasteiger partial charge in [-0.05, 0) is 36.6 Å². The molecule has 1 aromatic carbocycles. The molecule has 0 bridgehead atoms. The number of hydrogen-bond donors (Lipinski definition) is 4. The van der Waals surface area contributed by atoms with Gasteiger partial charge in [0.25, 0.3) is 0 Å². The molecular weight excluding hydrogens is 370 g/mol. The van der Waals surface area contributed by atoms with E-state index in [1.165, 1.54) is 18.2 Å². The van der Waals surface area contributed by atoms with Crippen LogP contribution in [0.2, 0.25) is 5.02 Å². The van der Waals surface area contributed by atoms with E-state index in [1.54, 1.807) is 0 Å². The average molecular weight is 392 g/mol. The molecule has 2 rings (SSSR count). The Morgan fingerprint density at radius 1 is 1.26 bits per heavy atom. The van der Waals surface area contributed by atoms with Crippen molar-refractivity contribution in [2.75, 3.05) is 5.73 Å². The van der Waals surface area contributed by atoms with Gasteiger partial charge in [0, 0.05) is 29.1 Å². The Hall–Kier alpha value is -2.64. The van der Waals surface area contributed by atoms with Crippen LogP contribution in [0.3, 0.4) is 0 Å². The number of anilines is 1. The Bertz CT molecular complexity index is 804. The lowest BCUT2D eigenvalue weighted by molar-refractivity contribution is -0.141. The molecule has 0 radical (unpaired) electrons. The zero-order chi connectivity index (χ0) is 20.0. The summed E-state index contributed by atoms with van der Waals surface area (Å²) in [6.07, 6.45) is 7.34. The summed E-state index contributed by atoms with van der Waals surface area (Å²) in [5, 5.41) is 12.1. The lowest BCUT2D eigenvalue weighted by Crippen LogP contribution is -2.49. The number of aliphatic carboxylic acids is 1. The van der Waals surface area contributed by atoms with E-state index in [0.717, 1.165) is 18.4 Å². The maximum absolute atomic E-state index is 12.3. The molecule has 0 spiro atoms. The highest BCUT2D eigenvalue weighted by Gasteiger charge is 2.26. The molecule has 0 saturated carbocycles. The molecule has 0 heterocycles. The Morgan fingerprint density at radius 3 is 2.59 bits per heavy atom. The van der Waals surface area contributed by atoms with E-state index in [9.17, 15) is 19.5 Å². The minimum Gasteiger partial charge on any atom is -0.480 e. The summed E-state index contributed by atoms with van der Waals surface area (Å²) in [5.41, 5.74) is 12.8. The summed E-state index contributed by atoms with van der Waals surface area (Å²) in [5.74, 6) is -2.29. The van der Waals surface area contributed by atoms with Gasteiger partial charge in [-0.15, -0.1) is 0 Å². The first-order chi connectivity index (χ1) is 12.8. The van der Waals surface area contributed by atoms with Crippen LogP contribution in [0.5, 0.6) is 0 Å². The summed E-state index contributed by atoms with van der Waals surface area (Å²) in [7, 11) is 0. The number of Topliss-reactive ketones (excluding diaryl/α,β-unsaturated/α-hetero) is 1. The molecule has 1 amide bonds. The zero-order valence-corrected chi connectivity index (χ0v) is 15.4. The number of allylic oxidation sites excluding steroid dienone is 3. The van der Waals surface area contributed by atoms with Gasteiger partial charge in [-0.1, -0.05) is 29.8 Å². The van der Waals surface area contributed by atoms with Gasteiger partial charge in [-0.3, -0.25) is 9.59 Å². The first kappa shape index (κ1) is 20.7. The van der Waals surface area contributed by atoms with E-state index >= 15 is 0 Å². The third-order valence-corrected chi connectivity index (χ3v) is 4.42. The van der Waals surface area contributed by atoms with Gasteiger partial charge in [0.1, 0.15) is 6.04 Å². The summed E-state index contributed by atoms with van der Waals surface area (Å²) in [4.78, 5) is 36.0. The fourth-order valence-electron chi connectivity index (χ4n) is 2.72. The number of amides is 1. The average Bonchev–Trinajstić information content (AvgIpc) is 2.61. The molecule has 1 aliphatic carbocycles. The van der Waals surface area contributed by atoms with E-state index in [-0.39, 0.29) is 24.1 Å². The number of ketones is 1. The lowest BCUT2D eigenvalue weighted by Gasteiger charge is -2.19. The van der Waals surface area contributed by atoms with Crippen LogP contribution in [0.25, 0.3) is 0 Å². The summed E-state index contributed by atoms with van der Waals surface area (Å²) in [6, 6.07) is 2.11. The fourth-order valence-corrected chi connectivity index (χ4v) is 2.90. The normalized spacial score (nSPS) is 15.6. The van der Waals surface area contributed by atoms with Gasteiger partial charge in [0.2, 0.25) is 5.91 Å². The second kappa shape index (κ2) is 9.34. The van der Waals surface area contributed by atoms with Crippen LogP contribution in [0.4, 0.5) is 5.69 Å². The standard InChI is InChI=1S/C19H22ClN3O4/c20-12-6-7-13(14(21)9-12)17(24)10-15(22)18(25)23-16(19(26)27)8-11-4-2-1-3-5-11/h2,4-7,9,15-16H,1,3,8,10,21-22H2,(H,23,25)(H,26,27)/t15?,16-/m0/s1. The Balaban J connectivity index is 1.98. The molecule has 2 atom stereocenters. The molecule has 0 saturated heterocycles. The van der Waals surface area contributed by atoms with Crippen molar-refractivity contribution in [2.45, 2.75) is 37.8 Å². The highest BCUT2D eigenvalue weighted by molar-refractivity contribution is 6.31. The molecule has 7 nitrogen and oxygen atoms in total. The van der Waals surface area contributed by atoms with Crippen molar-refractivity contribution in [3.8, 4) is 0 Å². The number of nitrogens with two attached hydrogens (primary N) is 2. The van der Waals surface area contributed by atoms with E-state index in [2.05, 4.69) is 5.32 Å². The summed E-state index contributed by atoms with van der Waals surface area (Å²) in [6.45, 7) is 0. The molecule has 27 heavy (non-hydrogen) atoms. The maximum Gasteiger partial charge on any atom is 0.326 e. The van der Waals surface area contributed by atoms with Crippen molar-refractivity contribution >= 4 is 34.9 Å². The maximum atomic E-state index is 12.3. The second-order valence-electron chi connectivity index (χ2n) is 6.33. The van der Waals surface area contributed by atoms with Crippen LogP contribution < -0.4 is 16.8 Å². The van der Waals surface area contributed by atoms with Gasteiger partial charge in [0.05, 0.1) is 6.04 Å². The van der Waals surface area contributed by atoms with Gasteiger partial charge < -0.3 is 21.9 Å². The molecule has 0 aliphatic heterocycles. The van der Waals surface area contributed by atoms with E-state index in [4.69, 9.17) is 23.1 Å². The van der Waals surface area contributed by atoms with Gasteiger partial charge in [-0.25, -0.2) is 4.79 Å². The van der Waals surface area contributed by atoms with Crippen LogP contribution in [0.1, 0.15) is 36.0 Å². The number of nitrogens with one attached hydrogen (secondary N) is 1. The predicted octanol–water partition coefficient (Wildman–Crippen LogP) is 2.06. The van der Waals surface area contributed by atoms with E-state index in [0.29, 0.717) is 5.02 Å². The number of halogens is 1. The molecule has 1 aliphatic rings. The Morgan fingerprint density at radius 2 is 2.00 bits per heavy atom. The van der Waals surface area contributed by atoms with Crippen LogP contribution in [-0.4, -0.2) is 34.8 Å². The van der Waals surface area contributed by atoms with E-state index < -0.39 is 29.7 Å². The van der Waals surface area contributed by atoms with Gasteiger partial charge in [-0.2, -0.15) is 0 Å². The molecule has 144 valence electrons. The summed E-state index contributed by atoms with van der Waals surface area (Å²) < 4.78 is 0. The summed E-state index contributed by atoms with van der Waals surface area (Å²) >= 11 is 5.80. The smallest absolute Gasteiger partial charge is 0.326 e. The third-order valence-electron chi connectivity index (χ3n) is 4.18. The molecular formula is C19H22ClN3O4. The number of carbonyl (C=O) groups is 3.